The number of carbonyl (C=O) groups excluding carboxylic acids is 1. The molecular weight excluding hydrogens is 436 g/mol. The Morgan fingerprint density at radius 1 is 1.13 bits per heavy atom. The minimum atomic E-state index is -3.56. The third-order valence-corrected chi connectivity index (χ3v) is 7.53. The molecule has 0 radical (unpaired) electrons. The van der Waals surface area contributed by atoms with E-state index in [2.05, 4.69) is 15.5 Å². The normalized spacial score (nSPS) is 12.5. The first-order valence-electron chi connectivity index (χ1n) is 9.80. The topological polar surface area (TPSA) is 114 Å². The van der Waals surface area contributed by atoms with Gasteiger partial charge in [-0.15, -0.1) is 10.2 Å². The zero-order chi connectivity index (χ0) is 22.4. The molecule has 2 aromatic carbocycles. The van der Waals surface area contributed by atoms with Gasteiger partial charge in [-0.3, -0.25) is 4.79 Å². The number of nitrogens with one attached hydrogen (secondary N) is 1. The number of aromatic nitrogens is 3. The van der Waals surface area contributed by atoms with Crippen LogP contribution in [0.1, 0.15) is 26.1 Å². The molecule has 0 fully saturated rings. The molecule has 3 rings (SSSR count). The van der Waals surface area contributed by atoms with E-state index in [0.717, 1.165) is 0 Å². The summed E-state index contributed by atoms with van der Waals surface area (Å²) in [4.78, 5) is 12.9. The Hall–Kier alpha value is -2.85. The van der Waals surface area contributed by atoms with E-state index in [9.17, 15) is 18.3 Å². The van der Waals surface area contributed by atoms with Gasteiger partial charge in [0.25, 0.3) is 0 Å². The Morgan fingerprint density at radius 2 is 1.87 bits per heavy atom. The van der Waals surface area contributed by atoms with E-state index < -0.39 is 15.1 Å². The molecule has 10 heteroatoms. The fraction of sp³-hybridized carbons (Fsp3) is 0.286. The summed E-state index contributed by atoms with van der Waals surface area (Å²) in [5.41, 5.74) is 0.496. The quantitative estimate of drug-likeness (QED) is 0.470. The first kappa shape index (κ1) is 22.8. The van der Waals surface area contributed by atoms with Crippen LogP contribution in [-0.4, -0.2) is 39.4 Å². The number of benzene rings is 2. The number of phenolic OH excluding ortho intramolecular Hbond substituents is 1. The minimum absolute atomic E-state index is 0.0634. The highest BCUT2D eigenvalue weighted by Crippen LogP contribution is 2.27. The Bertz CT molecular complexity index is 1150. The molecule has 0 saturated heterocycles. The first-order valence-corrected chi connectivity index (χ1v) is 12.3. The van der Waals surface area contributed by atoms with Crippen molar-refractivity contribution in [2.24, 2.45) is 0 Å². The summed E-state index contributed by atoms with van der Waals surface area (Å²) < 4.78 is 27.2. The number of hydrogen-bond donors (Lipinski definition) is 2. The lowest BCUT2D eigenvalue weighted by Crippen LogP contribution is -2.25. The summed E-state index contributed by atoms with van der Waals surface area (Å²) in [7, 11) is -3.56. The van der Waals surface area contributed by atoms with Gasteiger partial charge in [0.05, 0.1) is 10.1 Å². The number of anilines is 1. The molecular formula is C21H24N4O4S2. The van der Waals surface area contributed by atoms with Crippen molar-refractivity contribution in [3.8, 4) is 5.75 Å². The number of thioether (sulfide) groups is 1. The molecule has 1 unspecified atom stereocenters. The third-order valence-electron chi connectivity index (χ3n) is 4.56. The number of amides is 1. The second-order valence-corrected chi connectivity index (χ2v) is 9.93. The van der Waals surface area contributed by atoms with Gasteiger partial charge in [0.2, 0.25) is 5.91 Å². The van der Waals surface area contributed by atoms with Crippen LogP contribution in [0.5, 0.6) is 5.75 Å². The molecule has 1 atom stereocenters. The predicted octanol–water partition coefficient (Wildman–Crippen LogP) is 3.49. The van der Waals surface area contributed by atoms with Crippen molar-refractivity contribution in [2.45, 2.75) is 47.9 Å². The van der Waals surface area contributed by atoms with E-state index in [1.54, 1.807) is 47.0 Å². The van der Waals surface area contributed by atoms with Gasteiger partial charge in [-0.25, -0.2) is 8.42 Å². The number of sulfone groups is 1. The van der Waals surface area contributed by atoms with Crippen molar-refractivity contribution < 1.29 is 18.3 Å². The molecule has 0 bridgehead atoms. The fourth-order valence-corrected chi connectivity index (χ4v) is 5.30. The van der Waals surface area contributed by atoms with Crippen LogP contribution in [0.3, 0.4) is 0 Å². The summed E-state index contributed by atoms with van der Waals surface area (Å²) in [5, 5.41) is 20.6. The van der Waals surface area contributed by atoms with E-state index in [-0.39, 0.29) is 22.3 Å². The van der Waals surface area contributed by atoms with Gasteiger partial charge in [0.1, 0.15) is 17.3 Å². The van der Waals surface area contributed by atoms with Crippen LogP contribution in [0, 0.1) is 0 Å². The third kappa shape index (κ3) is 5.65. The van der Waals surface area contributed by atoms with Crippen molar-refractivity contribution in [3.05, 3.63) is 60.4 Å². The van der Waals surface area contributed by atoms with Crippen molar-refractivity contribution >= 4 is 33.2 Å². The lowest BCUT2D eigenvalue weighted by molar-refractivity contribution is -0.115. The number of rotatable bonds is 9. The number of phenols is 1. The van der Waals surface area contributed by atoms with E-state index in [0.29, 0.717) is 29.6 Å². The lowest BCUT2D eigenvalue weighted by Gasteiger charge is -2.15. The molecule has 0 saturated carbocycles. The predicted molar refractivity (Wildman–Crippen MR) is 120 cm³/mol. The molecule has 164 valence electrons. The zero-order valence-electron chi connectivity index (χ0n) is 17.2. The van der Waals surface area contributed by atoms with Crippen LogP contribution in [0.15, 0.2) is 64.6 Å². The molecule has 1 heterocycles. The van der Waals surface area contributed by atoms with Gasteiger partial charge in [-0.1, -0.05) is 43.0 Å². The van der Waals surface area contributed by atoms with Crippen LogP contribution in [0.25, 0.3) is 0 Å². The van der Waals surface area contributed by atoms with Gasteiger partial charge in [-0.2, -0.15) is 0 Å². The molecule has 1 amide bonds. The van der Waals surface area contributed by atoms with Crippen LogP contribution < -0.4 is 5.32 Å². The molecule has 0 aliphatic carbocycles. The summed E-state index contributed by atoms with van der Waals surface area (Å²) in [6.07, 6.45) is 0.531. The second-order valence-electron chi connectivity index (χ2n) is 6.77. The molecule has 0 aliphatic heterocycles. The van der Waals surface area contributed by atoms with Crippen LogP contribution >= 0.6 is 11.8 Å². The van der Waals surface area contributed by atoms with Gasteiger partial charge < -0.3 is 15.0 Å². The van der Waals surface area contributed by atoms with Crippen LogP contribution in [-0.2, 0) is 26.9 Å². The molecule has 3 aromatic rings. The number of hydrogen-bond acceptors (Lipinski definition) is 7. The van der Waals surface area contributed by atoms with Crippen LogP contribution in [0.2, 0.25) is 0 Å². The van der Waals surface area contributed by atoms with Crippen molar-refractivity contribution in [3.63, 3.8) is 0 Å². The highest BCUT2D eigenvalue weighted by atomic mass is 32.2. The number of nitrogens with zero attached hydrogens (tertiary/aromatic N) is 3. The average molecular weight is 461 g/mol. The van der Waals surface area contributed by atoms with Gasteiger partial charge in [0.15, 0.2) is 15.0 Å². The standard InChI is InChI=1S/C21H24N4O4S2/c1-3-18(20(27)22-15-9-8-10-16(26)13-15)30-21-24-23-19(25(21)4-2)14-31(28,29)17-11-6-5-7-12-17/h5-13,18,26H,3-4,14H2,1-2H3,(H,22,27). The molecule has 2 N–H and O–H groups in total. The summed E-state index contributed by atoms with van der Waals surface area (Å²) in [6, 6.07) is 14.5. The Kier molecular flexibility index (Phi) is 7.34. The van der Waals surface area contributed by atoms with Gasteiger partial charge >= 0.3 is 0 Å². The molecule has 0 aliphatic rings. The summed E-state index contributed by atoms with van der Waals surface area (Å²) >= 11 is 1.23. The first-order chi connectivity index (χ1) is 14.8. The maximum absolute atomic E-state index is 12.7. The molecule has 31 heavy (non-hydrogen) atoms. The van der Waals surface area contributed by atoms with Crippen molar-refractivity contribution in [2.75, 3.05) is 5.32 Å². The van der Waals surface area contributed by atoms with Gasteiger partial charge in [0, 0.05) is 18.3 Å². The maximum atomic E-state index is 12.7. The molecule has 1 aromatic heterocycles. The highest BCUT2D eigenvalue weighted by Gasteiger charge is 2.25. The number of carbonyl (C=O) groups is 1. The summed E-state index contributed by atoms with van der Waals surface area (Å²) in [5.74, 6) is -0.113. The molecule has 8 nitrogen and oxygen atoms in total. The van der Waals surface area contributed by atoms with Crippen LogP contribution in [0.4, 0.5) is 5.69 Å². The van der Waals surface area contributed by atoms with E-state index in [4.69, 9.17) is 0 Å². The monoisotopic (exact) mass is 460 g/mol. The SMILES string of the molecule is CCC(Sc1nnc(CS(=O)(=O)c2ccccc2)n1CC)C(=O)Nc1cccc(O)c1. The largest absolute Gasteiger partial charge is 0.508 e. The Labute approximate surface area is 185 Å². The maximum Gasteiger partial charge on any atom is 0.237 e. The van der Waals surface area contributed by atoms with Gasteiger partial charge in [-0.05, 0) is 37.6 Å². The molecule has 0 spiro atoms. The Balaban J connectivity index is 1.77. The second kappa shape index (κ2) is 9.97. The van der Waals surface area contributed by atoms with E-state index >= 15 is 0 Å². The average Bonchev–Trinajstić information content (AvgIpc) is 3.12. The minimum Gasteiger partial charge on any atom is -0.508 e. The smallest absolute Gasteiger partial charge is 0.237 e. The van der Waals surface area contributed by atoms with Crippen molar-refractivity contribution in [1.82, 2.24) is 14.8 Å². The fourth-order valence-electron chi connectivity index (χ4n) is 2.97. The van der Waals surface area contributed by atoms with E-state index in [1.807, 2.05) is 13.8 Å². The zero-order valence-corrected chi connectivity index (χ0v) is 18.9. The van der Waals surface area contributed by atoms with Crippen molar-refractivity contribution in [1.29, 1.82) is 0 Å². The summed E-state index contributed by atoms with van der Waals surface area (Å²) in [6.45, 7) is 4.23. The number of aromatic hydroxyl groups is 1. The van der Waals surface area contributed by atoms with E-state index in [1.165, 1.54) is 23.9 Å². The lowest BCUT2D eigenvalue weighted by atomic mass is 10.2. The Morgan fingerprint density at radius 3 is 2.52 bits per heavy atom. The highest BCUT2D eigenvalue weighted by molar-refractivity contribution is 8.00.